The minimum atomic E-state index is -0.0135. The van der Waals surface area contributed by atoms with Gasteiger partial charge in [0.2, 0.25) is 0 Å². The van der Waals surface area contributed by atoms with Crippen LogP contribution in [0.25, 0.3) is 0 Å². The van der Waals surface area contributed by atoms with Crippen LogP contribution in [0.15, 0.2) is 36.4 Å². The van der Waals surface area contributed by atoms with Gasteiger partial charge in [-0.25, -0.2) is 4.79 Å². The minimum absolute atomic E-state index is 0.0135. The summed E-state index contributed by atoms with van der Waals surface area (Å²) in [5.74, 6) is 1.41. The van der Waals surface area contributed by atoms with Crippen molar-refractivity contribution >= 4 is 6.03 Å². The van der Waals surface area contributed by atoms with E-state index in [2.05, 4.69) is 17.5 Å². The highest BCUT2D eigenvalue weighted by atomic mass is 16.5. The Bertz CT molecular complexity index is 482. The van der Waals surface area contributed by atoms with E-state index < -0.39 is 0 Å². The third-order valence-corrected chi connectivity index (χ3v) is 3.85. The van der Waals surface area contributed by atoms with E-state index in [1.165, 1.54) is 6.42 Å². The van der Waals surface area contributed by atoms with Crippen LogP contribution in [0.2, 0.25) is 0 Å². The van der Waals surface area contributed by atoms with E-state index in [0.717, 1.165) is 30.7 Å². The Hall–Kier alpha value is -1.97. The van der Waals surface area contributed by atoms with Crippen molar-refractivity contribution in [2.75, 3.05) is 20.7 Å². The summed E-state index contributed by atoms with van der Waals surface area (Å²) in [5.41, 5.74) is 1.09. The molecule has 0 saturated carbocycles. The van der Waals surface area contributed by atoms with E-state index in [9.17, 15) is 4.79 Å². The van der Waals surface area contributed by atoms with Crippen LogP contribution in [-0.2, 0) is 6.54 Å². The maximum absolute atomic E-state index is 12.1. The molecule has 0 heterocycles. The Kier molecular flexibility index (Phi) is 5.67. The first-order valence-corrected chi connectivity index (χ1v) is 7.46. The van der Waals surface area contributed by atoms with Crippen LogP contribution < -0.4 is 10.1 Å². The zero-order chi connectivity index (χ0) is 15.1. The van der Waals surface area contributed by atoms with Crippen LogP contribution in [-0.4, -0.2) is 31.6 Å². The predicted molar refractivity (Wildman–Crippen MR) is 84.3 cm³/mol. The van der Waals surface area contributed by atoms with E-state index in [0.29, 0.717) is 12.5 Å². The highest BCUT2D eigenvalue weighted by molar-refractivity contribution is 5.73. The smallest absolute Gasteiger partial charge is 0.317 e. The van der Waals surface area contributed by atoms with Crippen LogP contribution in [0.1, 0.15) is 24.8 Å². The summed E-state index contributed by atoms with van der Waals surface area (Å²) in [6.07, 6.45) is 7.79. The molecule has 0 aliphatic heterocycles. The third-order valence-electron chi connectivity index (χ3n) is 3.85. The van der Waals surface area contributed by atoms with Gasteiger partial charge in [0.15, 0.2) is 0 Å². The summed E-state index contributed by atoms with van der Waals surface area (Å²) < 4.78 is 5.13. The second kappa shape index (κ2) is 7.72. The van der Waals surface area contributed by atoms with Gasteiger partial charge in [-0.15, -0.1) is 0 Å². The number of benzene rings is 1. The lowest BCUT2D eigenvalue weighted by molar-refractivity contribution is 0.204. The lowest BCUT2D eigenvalue weighted by Gasteiger charge is -2.22. The largest absolute Gasteiger partial charge is 0.497 e. The quantitative estimate of drug-likeness (QED) is 0.845. The summed E-state index contributed by atoms with van der Waals surface area (Å²) in [5, 5.41) is 3.02. The number of amides is 2. The number of nitrogens with zero attached hydrogens (tertiary/aromatic N) is 1. The number of methoxy groups -OCH3 is 1. The van der Waals surface area contributed by atoms with Gasteiger partial charge in [-0.05, 0) is 42.9 Å². The van der Waals surface area contributed by atoms with Gasteiger partial charge in [-0.2, -0.15) is 0 Å². The second-order valence-corrected chi connectivity index (χ2v) is 5.54. The number of ether oxygens (including phenoxy) is 1. The molecular weight excluding hydrogens is 264 g/mol. The molecule has 1 aliphatic carbocycles. The van der Waals surface area contributed by atoms with Crippen molar-refractivity contribution in [2.24, 2.45) is 5.92 Å². The number of carbonyl (C=O) groups excluding carboxylic acids is 1. The van der Waals surface area contributed by atoms with Gasteiger partial charge in [0.05, 0.1) is 7.11 Å². The van der Waals surface area contributed by atoms with Crippen LogP contribution in [0.4, 0.5) is 4.79 Å². The Labute approximate surface area is 126 Å². The Morgan fingerprint density at radius 1 is 1.33 bits per heavy atom. The Balaban J connectivity index is 1.77. The van der Waals surface area contributed by atoms with Gasteiger partial charge in [-0.3, -0.25) is 0 Å². The number of urea groups is 1. The lowest BCUT2D eigenvalue weighted by Crippen LogP contribution is -2.39. The van der Waals surface area contributed by atoms with Crippen molar-refractivity contribution in [3.05, 3.63) is 42.0 Å². The van der Waals surface area contributed by atoms with Gasteiger partial charge in [0, 0.05) is 20.1 Å². The van der Waals surface area contributed by atoms with Crippen molar-refractivity contribution in [1.29, 1.82) is 0 Å². The fourth-order valence-corrected chi connectivity index (χ4v) is 2.48. The molecule has 21 heavy (non-hydrogen) atoms. The maximum Gasteiger partial charge on any atom is 0.317 e. The molecule has 1 N–H and O–H groups in total. The predicted octanol–water partition coefficient (Wildman–Crippen LogP) is 3.19. The summed E-state index contributed by atoms with van der Waals surface area (Å²) in [6, 6.07) is 7.77. The summed E-state index contributed by atoms with van der Waals surface area (Å²) in [4.78, 5) is 13.8. The van der Waals surface area contributed by atoms with Gasteiger partial charge in [0.25, 0.3) is 0 Å². The first-order chi connectivity index (χ1) is 10.2. The van der Waals surface area contributed by atoms with E-state index >= 15 is 0 Å². The Morgan fingerprint density at radius 2 is 2.10 bits per heavy atom. The number of hydrogen-bond donors (Lipinski definition) is 1. The van der Waals surface area contributed by atoms with E-state index in [-0.39, 0.29) is 6.03 Å². The topological polar surface area (TPSA) is 41.6 Å². The summed E-state index contributed by atoms with van der Waals surface area (Å²) >= 11 is 0. The third kappa shape index (κ3) is 4.81. The molecule has 0 spiro atoms. The van der Waals surface area contributed by atoms with Gasteiger partial charge in [0.1, 0.15) is 5.75 Å². The number of allylic oxidation sites excluding steroid dienone is 2. The number of rotatable bonds is 5. The fourth-order valence-electron chi connectivity index (χ4n) is 2.48. The number of carbonyl (C=O) groups is 1. The second-order valence-electron chi connectivity index (χ2n) is 5.54. The molecule has 1 atom stereocenters. The van der Waals surface area contributed by atoms with Crippen molar-refractivity contribution in [2.45, 2.75) is 25.8 Å². The van der Waals surface area contributed by atoms with Gasteiger partial charge >= 0.3 is 6.03 Å². The molecule has 0 bridgehead atoms. The molecule has 0 saturated heterocycles. The van der Waals surface area contributed by atoms with Crippen molar-refractivity contribution in [3.8, 4) is 5.75 Å². The first kappa shape index (κ1) is 15.4. The van der Waals surface area contributed by atoms with Gasteiger partial charge in [-0.1, -0.05) is 24.3 Å². The highest BCUT2D eigenvalue weighted by Gasteiger charge is 2.13. The lowest BCUT2D eigenvalue weighted by atomic mass is 9.94. The van der Waals surface area contributed by atoms with Crippen LogP contribution in [0, 0.1) is 5.92 Å². The molecule has 1 aromatic carbocycles. The highest BCUT2D eigenvalue weighted by Crippen LogP contribution is 2.17. The SMILES string of the molecule is COc1ccc(CN(C)C(=O)NC[C@H]2CC=CCC2)cc1. The average molecular weight is 288 g/mol. The maximum atomic E-state index is 12.1. The van der Waals surface area contributed by atoms with E-state index in [1.807, 2.05) is 31.3 Å². The standard InChI is InChI=1S/C17H24N2O2/c1-19(13-15-8-10-16(21-2)11-9-15)17(20)18-12-14-6-4-3-5-7-14/h3-4,8-11,14H,5-7,12-13H2,1-2H3,(H,18,20)/t14-/m0/s1. The molecule has 0 unspecified atom stereocenters. The van der Waals surface area contributed by atoms with Crippen LogP contribution >= 0.6 is 0 Å². The van der Waals surface area contributed by atoms with Crippen LogP contribution in [0.5, 0.6) is 5.75 Å². The summed E-state index contributed by atoms with van der Waals surface area (Å²) in [7, 11) is 3.47. The summed E-state index contributed by atoms with van der Waals surface area (Å²) in [6.45, 7) is 1.36. The van der Waals surface area contributed by atoms with E-state index in [1.54, 1.807) is 12.0 Å². The first-order valence-electron chi connectivity index (χ1n) is 7.46. The van der Waals surface area contributed by atoms with E-state index in [4.69, 9.17) is 4.74 Å². The van der Waals surface area contributed by atoms with Crippen molar-refractivity contribution in [3.63, 3.8) is 0 Å². The molecule has 0 radical (unpaired) electrons. The molecule has 4 heteroatoms. The molecule has 0 aromatic heterocycles. The molecule has 0 fully saturated rings. The fraction of sp³-hybridized carbons (Fsp3) is 0.471. The molecule has 1 aliphatic rings. The molecule has 1 aromatic rings. The molecule has 4 nitrogen and oxygen atoms in total. The number of hydrogen-bond acceptors (Lipinski definition) is 2. The van der Waals surface area contributed by atoms with Gasteiger partial charge < -0.3 is 15.0 Å². The van der Waals surface area contributed by atoms with Crippen LogP contribution in [0.3, 0.4) is 0 Å². The zero-order valence-corrected chi connectivity index (χ0v) is 12.8. The molecule has 2 rings (SSSR count). The molecular formula is C17H24N2O2. The monoisotopic (exact) mass is 288 g/mol. The Morgan fingerprint density at radius 3 is 2.71 bits per heavy atom. The van der Waals surface area contributed by atoms with Crippen molar-refractivity contribution in [1.82, 2.24) is 10.2 Å². The van der Waals surface area contributed by atoms with Crippen molar-refractivity contribution < 1.29 is 9.53 Å². The average Bonchev–Trinajstić information content (AvgIpc) is 2.54. The molecule has 114 valence electrons. The minimum Gasteiger partial charge on any atom is -0.497 e. The molecule has 2 amide bonds. The zero-order valence-electron chi connectivity index (χ0n) is 12.8. The normalized spacial score (nSPS) is 17.3. The number of nitrogens with one attached hydrogen (secondary N) is 1.